The van der Waals surface area contributed by atoms with Gasteiger partial charge in [0.05, 0.1) is 0 Å². The maximum absolute atomic E-state index is 4.36. The van der Waals surface area contributed by atoms with Gasteiger partial charge in [-0.1, -0.05) is 6.07 Å². The molecule has 0 amide bonds. The Kier molecular flexibility index (Phi) is 1.52. The van der Waals surface area contributed by atoms with E-state index in [1.165, 1.54) is 6.42 Å². The van der Waals surface area contributed by atoms with Crippen molar-refractivity contribution in [2.75, 3.05) is 18.0 Å². The average molecular weight is 175 g/mol. The van der Waals surface area contributed by atoms with Crippen molar-refractivity contribution in [3.05, 3.63) is 24.4 Å². The summed E-state index contributed by atoms with van der Waals surface area (Å²) in [6, 6.07) is 7.52. The fraction of sp³-hybridized carbons (Fsp3) is 0.500. The van der Waals surface area contributed by atoms with Gasteiger partial charge in [-0.3, -0.25) is 0 Å². The van der Waals surface area contributed by atoms with Crippen LogP contribution in [0, 0.1) is 0 Å². The van der Waals surface area contributed by atoms with Crippen LogP contribution in [0.25, 0.3) is 0 Å². The van der Waals surface area contributed by atoms with E-state index >= 15 is 0 Å². The van der Waals surface area contributed by atoms with Gasteiger partial charge in [0.2, 0.25) is 0 Å². The van der Waals surface area contributed by atoms with Crippen molar-refractivity contribution >= 4 is 5.82 Å². The van der Waals surface area contributed by atoms with Crippen LogP contribution in [0.3, 0.4) is 0 Å². The Balaban J connectivity index is 1.79. The van der Waals surface area contributed by atoms with Crippen LogP contribution in [0.1, 0.15) is 6.42 Å². The molecule has 0 radical (unpaired) electrons. The van der Waals surface area contributed by atoms with Crippen LogP contribution >= 0.6 is 0 Å². The van der Waals surface area contributed by atoms with Gasteiger partial charge >= 0.3 is 0 Å². The molecule has 3 nitrogen and oxygen atoms in total. The second-order valence-electron chi connectivity index (χ2n) is 3.89. The number of hydrogen-bond donors (Lipinski definition) is 1. The van der Waals surface area contributed by atoms with Gasteiger partial charge in [0.25, 0.3) is 0 Å². The summed E-state index contributed by atoms with van der Waals surface area (Å²) in [5.74, 6) is 1.12. The van der Waals surface area contributed by atoms with E-state index in [9.17, 15) is 0 Å². The molecule has 0 saturated carbocycles. The van der Waals surface area contributed by atoms with E-state index in [4.69, 9.17) is 0 Å². The first-order valence-electron chi connectivity index (χ1n) is 4.84. The monoisotopic (exact) mass is 175 g/mol. The highest BCUT2D eigenvalue weighted by atomic mass is 15.3. The molecule has 3 saturated heterocycles. The zero-order valence-corrected chi connectivity index (χ0v) is 7.48. The molecule has 4 rings (SSSR count). The van der Waals surface area contributed by atoms with Crippen molar-refractivity contribution in [2.24, 2.45) is 0 Å². The Morgan fingerprint density at radius 1 is 1.31 bits per heavy atom. The number of piperidine rings is 1. The van der Waals surface area contributed by atoms with Crippen molar-refractivity contribution in [3.8, 4) is 0 Å². The maximum Gasteiger partial charge on any atom is 0.128 e. The first kappa shape index (κ1) is 7.33. The van der Waals surface area contributed by atoms with Crippen molar-refractivity contribution in [2.45, 2.75) is 18.5 Å². The molecule has 2 unspecified atom stereocenters. The number of hydrogen-bond acceptors (Lipinski definition) is 3. The molecule has 1 aromatic heterocycles. The largest absolute Gasteiger partial charge is 0.353 e. The standard InChI is InChI=1S/C10H13N3/c1-2-4-11-10(3-1)13-6-8-5-9(7-13)12-8/h1-4,8-9,12H,5-7H2. The third kappa shape index (κ3) is 1.20. The lowest BCUT2D eigenvalue weighted by Gasteiger charge is -2.48. The molecule has 0 spiro atoms. The molecule has 2 atom stereocenters. The van der Waals surface area contributed by atoms with E-state index in [0.29, 0.717) is 12.1 Å². The molecular weight excluding hydrogens is 162 g/mol. The van der Waals surface area contributed by atoms with Crippen LogP contribution in [0.15, 0.2) is 24.4 Å². The summed E-state index contributed by atoms with van der Waals surface area (Å²) < 4.78 is 0. The minimum atomic E-state index is 0.709. The van der Waals surface area contributed by atoms with Crippen molar-refractivity contribution < 1.29 is 0 Å². The second-order valence-corrected chi connectivity index (χ2v) is 3.89. The number of anilines is 1. The maximum atomic E-state index is 4.36. The molecule has 0 aromatic carbocycles. The van der Waals surface area contributed by atoms with E-state index in [-0.39, 0.29) is 0 Å². The smallest absolute Gasteiger partial charge is 0.128 e. The molecule has 4 heterocycles. The Morgan fingerprint density at radius 3 is 2.69 bits per heavy atom. The topological polar surface area (TPSA) is 28.2 Å². The quantitative estimate of drug-likeness (QED) is 0.678. The minimum Gasteiger partial charge on any atom is -0.353 e. The van der Waals surface area contributed by atoms with Gasteiger partial charge in [-0.15, -0.1) is 0 Å². The summed E-state index contributed by atoms with van der Waals surface area (Å²) in [6.45, 7) is 2.24. The summed E-state index contributed by atoms with van der Waals surface area (Å²) in [7, 11) is 0. The first-order valence-corrected chi connectivity index (χ1v) is 4.84. The first-order chi connectivity index (χ1) is 6.42. The van der Waals surface area contributed by atoms with Crippen LogP contribution in [-0.4, -0.2) is 30.2 Å². The highest BCUT2D eigenvalue weighted by Crippen LogP contribution is 2.24. The lowest BCUT2D eigenvalue weighted by atomic mass is 9.91. The van der Waals surface area contributed by atoms with Crippen molar-refractivity contribution in [1.82, 2.24) is 10.3 Å². The predicted octanol–water partition coefficient (Wildman–Crippen LogP) is 0.632. The number of fused-ring (bicyclic) bond motifs is 2. The third-order valence-corrected chi connectivity index (χ3v) is 2.90. The van der Waals surface area contributed by atoms with E-state index in [1.807, 2.05) is 12.3 Å². The zero-order valence-electron chi connectivity index (χ0n) is 7.48. The lowest BCUT2D eigenvalue weighted by Crippen LogP contribution is -2.67. The molecule has 3 fully saturated rings. The number of rotatable bonds is 1. The van der Waals surface area contributed by atoms with Gasteiger partial charge in [-0.2, -0.15) is 0 Å². The molecule has 3 aliphatic heterocycles. The molecule has 2 bridgehead atoms. The molecular formula is C10H13N3. The van der Waals surface area contributed by atoms with Gasteiger partial charge in [0.1, 0.15) is 5.82 Å². The van der Waals surface area contributed by atoms with E-state index in [0.717, 1.165) is 18.9 Å². The summed E-state index contributed by atoms with van der Waals surface area (Å²) in [4.78, 5) is 6.73. The Labute approximate surface area is 77.8 Å². The average Bonchev–Trinajstić information content (AvgIpc) is 2.18. The number of piperazine rings is 1. The SMILES string of the molecule is c1ccc(N2CC3CC(C2)N3)nc1. The van der Waals surface area contributed by atoms with Gasteiger partial charge < -0.3 is 10.2 Å². The number of aromatic nitrogens is 1. The molecule has 1 N–H and O–H groups in total. The van der Waals surface area contributed by atoms with Gasteiger partial charge in [-0.05, 0) is 18.6 Å². The van der Waals surface area contributed by atoms with Gasteiger partial charge in [0.15, 0.2) is 0 Å². The summed E-state index contributed by atoms with van der Waals surface area (Å²) in [5.41, 5.74) is 0. The van der Waals surface area contributed by atoms with Crippen LogP contribution in [0.5, 0.6) is 0 Å². The minimum absolute atomic E-state index is 0.709. The van der Waals surface area contributed by atoms with Crippen molar-refractivity contribution in [3.63, 3.8) is 0 Å². The molecule has 1 aromatic rings. The summed E-state index contributed by atoms with van der Waals surface area (Å²) in [5, 5.41) is 3.51. The van der Waals surface area contributed by atoms with E-state index in [1.54, 1.807) is 0 Å². The summed E-state index contributed by atoms with van der Waals surface area (Å²) in [6.07, 6.45) is 3.21. The van der Waals surface area contributed by atoms with Crippen LogP contribution < -0.4 is 10.2 Å². The predicted molar refractivity (Wildman–Crippen MR) is 51.8 cm³/mol. The zero-order chi connectivity index (χ0) is 8.67. The Morgan fingerprint density at radius 2 is 2.08 bits per heavy atom. The molecule has 68 valence electrons. The van der Waals surface area contributed by atoms with Gasteiger partial charge in [0, 0.05) is 31.4 Å². The molecule has 0 aliphatic carbocycles. The van der Waals surface area contributed by atoms with Crippen LogP contribution in [0.4, 0.5) is 5.82 Å². The van der Waals surface area contributed by atoms with Crippen LogP contribution in [0.2, 0.25) is 0 Å². The molecule has 13 heavy (non-hydrogen) atoms. The fourth-order valence-corrected chi connectivity index (χ4v) is 2.24. The van der Waals surface area contributed by atoms with Crippen molar-refractivity contribution in [1.29, 1.82) is 0 Å². The molecule has 3 aliphatic rings. The van der Waals surface area contributed by atoms with Gasteiger partial charge in [-0.25, -0.2) is 4.98 Å². The second kappa shape index (κ2) is 2.70. The Bertz CT molecular complexity index is 282. The summed E-state index contributed by atoms with van der Waals surface area (Å²) >= 11 is 0. The Hall–Kier alpha value is -1.09. The highest BCUT2D eigenvalue weighted by molar-refractivity contribution is 5.40. The number of nitrogens with zero attached hydrogens (tertiary/aromatic N) is 2. The number of nitrogens with one attached hydrogen (secondary N) is 1. The van der Waals surface area contributed by atoms with Crippen LogP contribution in [-0.2, 0) is 0 Å². The third-order valence-electron chi connectivity index (χ3n) is 2.90. The van der Waals surface area contributed by atoms with E-state index in [2.05, 4.69) is 27.3 Å². The number of pyridine rings is 1. The highest BCUT2D eigenvalue weighted by Gasteiger charge is 2.36. The van der Waals surface area contributed by atoms with E-state index < -0.39 is 0 Å². The fourth-order valence-electron chi connectivity index (χ4n) is 2.24. The molecule has 3 heteroatoms. The normalized spacial score (nSPS) is 31.2. The lowest BCUT2D eigenvalue weighted by molar-refractivity contribution is 0.225.